The van der Waals surface area contributed by atoms with Crippen molar-refractivity contribution in [3.8, 4) is 0 Å². The van der Waals surface area contributed by atoms with Gasteiger partial charge in [-0.05, 0) is 7.05 Å². The lowest BCUT2D eigenvalue weighted by Crippen LogP contribution is -2.46. The molecule has 0 bridgehead atoms. The highest BCUT2D eigenvalue weighted by Gasteiger charge is 2.31. The second kappa shape index (κ2) is 6.53. The van der Waals surface area contributed by atoms with Crippen molar-refractivity contribution in [3.63, 3.8) is 0 Å². The molecule has 1 aliphatic heterocycles. The highest BCUT2D eigenvalue weighted by molar-refractivity contribution is 8.00. The third kappa shape index (κ3) is 4.16. The van der Waals surface area contributed by atoms with Crippen LogP contribution in [0.1, 0.15) is 10.7 Å². The number of hydrogen-bond donors (Lipinski definition) is 1. The van der Waals surface area contributed by atoms with E-state index in [1.165, 1.54) is 6.26 Å². The lowest BCUT2D eigenvalue weighted by Gasteiger charge is -2.33. The molecule has 0 aliphatic carbocycles. The minimum Gasteiger partial charge on any atom is -0.314 e. The van der Waals surface area contributed by atoms with E-state index < -0.39 is 9.84 Å². The smallest absolute Gasteiger partial charge is 0.164 e. The van der Waals surface area contributed by atoms with E-state index in [2.05, 4.69) is 10.3 Å². The fraction of sp³-hybridized carbons (Fsp3) is 0.727. The quantitative estimate of drug-likeness (QED) is 0.865. The second-order valence-corrected chi connectivity index (χ2v) is 8.89. The van der Waals surface area contributed by atoms with Crippen LogP contribution in [0.25, 0.3) is 0 Å². The Balaban J connectivity index is 2.06. The van der Waals surface area contributed by atoms with Gasteiger partial charge in [0.05, 0.1) is 5.69 Å². The number of nitrogens with one attached hydrogen (secondary N) is 1. The van der Waals surface area contributed by atoms with E-state index in [1.54, 1.807) is 23.1 Å². The van der Waals surface area contributed by atoms with E-state index in [9.17, 15) is 8.42 Å². The maximum Gasteiger partial charge on any atom is 0.164 e. The zero-order valence-corrected chi connectivity index (χ0v) is 13.6. The summed E-state index contributed by atoms with van der Waals surface area (Å²) < 4.78 is 23.6. The van der Waals surface area contributed by atoms with Crippen molar-refractivity contribution in [1.29, 1.82) is 0 Å². The highest BCUT2D eigenvalue weighted by Crippen LogP contribution is 2.22. The molecule has 1 N–H and O–H groups in total. The molecular weight excluding hydrogens is 302 g/mol. The molecule has 19 heavy (non-hydrogen) atoms. The van der Waals surface area contributed by atoms with Gasteiger partial charge in [0.1, 0.15) is 10.4 Å². The third-order valence-electron chi connectivity index (χ3n) is 2.98. The van der Waals surface area contributed by atoms with Crippen molar-refractivity contribution in [2.24, 2.45) is 0 Å². The number of hydrogen-bond acceptors (Lipinski definition) is 7. The Hall–Kier alpha value is -0.150. The Morgan fingerprint density at radius 2 is 2.37 bits per heavy atom. The van der Waals surface area contributed by atoms with Crippen LogP contribution in [0, 0.1) is 0 Å². The summed E-state index contributed by atoms with van der Waals surface area (Å²) in [7, 11) is -1.14. The molecular formula is C11H19N3O2S3. The first-order valence-electron chi connectivity index (χ1n) is 6.09. The van der Waals surface area contributed by atoms with Crippen molar-refractivity contribution >= 4 is 32.9 Å². The van der Waals surface area contributed by atoms with Gasteiger partial charge in [0.15, 0.2) is 9.84 Å². The van der Waals surface area contributed by atoms with Gasteiger partial charge in [0, 0.05) is 42.8 Å². The third-order valence-corrected chi connectivity index (χ3v) is 6.56. The molecule has 108 valence electrons. The van der Waals surface area contributed by atoms with Crippen molar-refractivity contribution in [2.45, 2.75) is 18.5 Å². The summed E-state index contributed by atoms with van der Waals surface area (Å²) >= 11 is 3.33. The van der Waals surface area contributed by atoms with Crippen molar-refractivity contribution in [2.75, 3.05) is 31.4 Å². The van der Waals surface area contributed by atoms with Gasteiger partial charge in [-0.2, -0.15) is 11.8 Å². The maximum atomic E-state index is 11.8. The molecule has 5 nitrogen and oxygen atoms in total. The Morgan fingerprint density at radius 3 is 3.05 bits per heavy atom. The SMILES string of the molecule is CNCc1nc(CN2CCSCC2S(C)(=O)=O)cs1. The lowest BCUT2D eigenvalue weighted by molar-refractivity contribution is 0.259. The summed E-state index contributed by atoms with van der Waals surface area (Å²) in [6.45, 7) is 2.19. The molecule has 1 aliphatic rings. The van der Waals surface area contributed by atoms with Crippen LogP contribution in [0.3, 0.4) is 0 Å². The number of sulfone groups is 1. The lowest BCUT2D eigenvalue weighted by atomic mass is 10.4. The molecule has 0 aromatic carbocycles. The minimum atomic E-state index is -3.03. The molecule has 2 heterocycles. The van der Waals surface area contributed by atoms with Gasteiger partial charge in [-0.25, -0.2) is 13.4 Å². The van der Waals surface area contributed by atoms with Crippen molar-refractivity contribution < 1.29 is 8.42 Å². The second-order valence-electron chi connectivity index (χ2n) is 4.59. The fourth-order valence-electron chi connectivity index (χ4n) is 2.05. The van der Waals surface area contributed by atoms with Crippen LogP contribution in [0.2, 0.25) is 0 Å². The van der Waals surface area contributed by atoms with E-state index >= 15 is 0 Å². The van der Waals surface area contributed by atoms with Gasteiger partial charge >= 0.3 is 0 Å². The monoisotopic (exact) mass is 321 g/mol. The van der Waals surface area contributed by atoms with Crippen LogP contribution in [-0.2, 0) is 22.9 Å². The Kier molecular flexibility index (Phi) is 5.24. The molecule has 1 fully saturated rings. The highest BCUT2D eigenvalue weighted by atomic mass is 32.2. The molecule has 1 aromatic rings. The van der Waals surface area contributed by atoms with Crippen LogP contribution < -0.4 is 5.32 Å². The largest absolute Gasteiger partial charge is 0.314 e. The zero-order valence-electron chi connectivity index (χ0n) is 11.1. The molecule has 0 spiro atoms. The number of thioether (sulfide) groups is 1. The number of rotatable bonds is 5. The summed E-state index contributed by atoms with van der Waals surface area (Å²) in [6, 6.07) is 0. The van der Waals surface area contributed by atoms with E-state index in [-0.39, 0.29) is 5.37 Å². The molecule has 8 heteroatoms. The van der Waals surface area contributed by atoms with Gasteiger partial charge < -0.3 is 5.32 Å². The summed E-state index contributed by atoms with van der Waals surface area (Å²) in [6.07, 6.45) is 1.32. The Bertz CT molecular complexity index is 515. The van der Waals surface area contributed by atoms with Crippen LogP contribution in [0.5, 0.6) is 0 Å². The van der Waals surface area contributed by atoms with E-state index in [1.807, 2.05) is 17.3 Å². The first kappa shape index (κ1) is 15.2. The summed E-state index contributed by atoms with van der Waals surface area (Å²) in [5.41, 5.74) is 0.968. The normalized spacial score (nSPS) is 21.7. The molecule has 1 saturated heterocycles. The van der Waals surface area contributed by atoms with Crippen LogP contribution in [-0.4, -0.2) is 55.0 Å². The minimum absolute atomic E-state index is 0.374. The summed E-state index contributed by atoms with van der Waals surface area (Å²) in [5, 5.41) is 5.76. The molecule has 2 rings (SSSR count). The zero-order chi connectivity index (χ0) is 13.9. The first-order valence-corrected chi connectivity index (χ1v) is 10.1. The molecule has 0 amide bonds. The fourth-order valence-corrected chi connectivity index (χ4v) is 5.79. The van der Waals surface area contributed by atoms with E-state index in [4.69, 9.17) is 0 Å². The van der Waals surface area contributed by atoms with Crippen LogP contribution >= 0.6 is 23.1 Å². The van der Waals surface area contributed by atoms with Crippen molar-refractivity contribution in [3.05, 3.63) is 16.1 Å². The average molecular weight is 321 g/mol. The van der Waals surface area contributed by atoms with Gasteiger partial charge in [-0.15, -0.1) is 11.3 Å². The van der Waals surface area contributed by atoms with Gasteiger partial charge in [0.25, 0.3) is 0 Å². The molecule has 1 unspecified atom stereocenters. The molecule has 1 atom stereocenters. The van der Waals surface area contributed by atoms with Crippen LogP contribution in [0.15, 0.2) is 5.38 Å². The molecule has 0 saturated carbocycles. The molecule has 1 aromatic heterocycles. The predicted molar refractivity (Wildman–Crippen MR) is 81.2 cm³/mol. The molecule has 0 radical (unpaired) electrons. The topological polar surface area (TPSA) is 62.3 Å². The number of thiazole rings is 1. The average Bonchev–Trinajstić information content (AvgIpc) is 2.76. The van der Waals surface area contributed by atoms with Gasteiger partial charge in [-0.1, -0.05) is 0 Å². The summed E-state index contributed by atoms with van der Waals surface area (Å²) in [5.74, 6) is 1.64. The summed E-state index contributed by atoms with van der Waals surface area (Å²) in [4.78, 5) is 6.56. The van der Waals surface area contributed by atoms with E-state index in [0.29, 0.717) is 12.3 Å². The number of nitrogens with zero attached hydrogens (tertiary/aromatic N) is 2. The van der Waals surface area contributed by atoms with Gasteiger partial charge in [0.2, 0.25) is 0 Å². The standard InChI is InChI=1S/C11H19N3O2S3/c1-12-5-10-13-9(7-18-10)6-14-3-4-17-8-11(14)19(2,15)16/h7,11-12H,3-6,8H2,1-2H3. The Labute approximate surface area is 122 Å². The number of aromatic nitrogens is 1. The van der Waals surface area contributed by atoms with E-state index in [0.717, 1.165) is 29.5 Å². The van der Waals surface area contributed by atoms with Crippen molar-refractivity contribution in [1.82, 2.24) is 15.2 Å². The first-order chi connectivity index (χ1) is 9.00. The maximum absolute atomic E-state index is 11.8. The Morgan fingerprint density at radius 1 is 1.58 bits per heavy atom. The van der Waals surface area contributed by atoms with Gasteiger partial charge in [-0.3, -0.25) is 4.90 Å². The van der Waals surface area contributed by atoms with Crippen LogP contribution in [0.4, 0.5) is 0 Å². The predicted octanol–water partition coefficient (Wildman–Crippen LogP) is 0.782.